The number of ether oxygens (including phenoxy) is 1. The highest BCUT2D eigenvalue weighted by Crippen LogP contribution is 2.55. The highest BCUT2D eigenvalue weighted by atomic mass is 16.5. The second-order valence-electron chi connectivity index (χ2n) is 7.76. The number of hydrogen-bond acceptors (Lipinski definition) is 3. The van der Waals surface area contributed by atoms with Gasteiger partial charge >= 0.3 is 0 Å². The maximum absolute atomic E-state index is 5.43. The van der Waals surface area contributed by atoms with Crippen molar-refractivity contribution in [3.05, 3.63) is 35.9 Å². The summed E-state index contributed by atoms with van der Waals surface area (Å²) in [5, 5.41) is 3.77. The van der Waals surface area contributed by atoms with E-state index in [0.29, 0.717) is 23.9 Å². The van der Waals surface area contributed by atoms with Gasteiger partial charge in [-0.25, -0.2) is 0 Å². The summed E-state index contributed by atoms with van der Waals surface area (Å²) in [5.41, 5.74) is 3.00. The lowest BCUT2D eigenvalue weighted by Crippen LogP contribution is -2.54. The van der Waals surface area contributed by atoms with Crippen LogP contribution >= 0.6 is 0 Å². The molecule has 0 saturated carbocycles. The highest BCUT2D eigenvalue weighted by Gasteiger charge is 2.58. The number of methoxy groups -OCH3 is 1. The van der Waals surface area contributed by atoms with E-state index in [1.165, 1.54) is 24.2 Å². The molecule has 3 nitrogen and oxygen atoms in total. The summed E-state index contributed by atoms with van der Waals surface area (Å²) in [4.78, 5) is 2.71. The van der Waals surface area contributed by atoms with Gasteiger partial charge in [0.2, 0.25) is 0 Å². The van der Waals surface area contributed by atoms with Gasteiger partial charge in [0, 0.05) is 35.8 Å². The van der Waals surface area contributed by atoms with E-state index < -0.39 is 0 Å². The lowest BCUT2D eigenvalue weighted by atomic mass is 9.65. The molecule has 1 saturated heterocycles. The summed E-state index contributed by atoms with van der Waals surface area (Å²) in [6.07, 6.45) is 6.10. The third kappa shape index (κ3) is 1.99. The SMILES string of the molecule is COc1ccc2c(c1)NC(C)C21CCN2CC=CC(C(C)C)C21. The molecule has 1 fully saturated rings. The molecular weight excluding hydrogens is 284 g/mol. The Balaban J connectivity index is 1.83. The molecule has 1 spiro atoms. The maximum atomic E-state index is 5.43. The zero-order valence-corrected chi connectivity index (χ0v) is 14.7. The van der Waals surface area contributed by atoms with E-state index in [9.17, 15) is 0 Å². The molecule has 3 heterocycles. The predicted molar refractivity (Wildman–Crippen MR) is 95.2 cm³/mol. The van der Waals surface area contributed by atoms with Crippen molar-refractivity contribution >= 4 is 5.69 Å². The molecule has 0 aromatic heterocycles. The van der Waals surface area contributed by atoms with Gasteiger partial charge in [-0.2, -0.15) is 0 Å². The molecule has 4 rings (SSSR count). The molecule has 3 aliphatic rings. The first-order valence-corrected chi connectivity index (χ1v) is 8.93. The minimum atomic E-state index is 0.224. The Bertz CT molecular complexity index is 639. The minimum absolute atomic E-state index is 0.224. The van der Waals surface area contributed by atoms with Crippen LogP contribution in [-0.4, -0.2) is 37.2 Å². The lowest BCUT2D eigenvalue weighted by molar-refractivity contribution is 0.133. The van der Waals surface area contributed by atoms with Gasteiger partial charge in [0.15, 0.2) is 0 Å². The van der Waals surface area contributed by atoms with Crippen LogP contribution in [0.15, 0.2) is 30.4 Å². The topological polar surface area (TPSA) is 24.5 Å². The van der Waals surface area contributed by atoms with E-state index in [1.54, 1.807) is 7.11 Å². The molecule has 4 unspecified atom stereocenters. The van der Waals surface area contributed by atoms with E-state index >= 15 is 0 Å². The molecule has 3 heteroatoms. The summed E-state index contributed by atoms with van der Waals surface area (Å²) in [6.45, 7) is 9.41. The number of benzene rings is 1. The molecule has 0 bridgehead atoms. The average Bonchev–Trinajstić information content (AvgIpc) is 3.07. The van der Waals surface area contributed by atoms with Crippen molar-refractivity contribution in [3.8, 4) is 5.75 Å². The van der Waals surface area contributed by atoms with Gasteiger partial charge in [0.1, 0.15) is 5.75 Å². The third-order valence-electron chi connectivity index (χ3n) is 6.44. The minimum Gasteiger partial charge on any atom is -0.497 e. The largest absolute Gasteiger partial charge is 0.497 e. The fourth-order valence-electron chi connectivity index (χ4n) is 5.32. The van der Waals surface area contributed by atoms with E-state index in [2.05, 4.69) is 61.3 Å². The van der Waals surface area contributed by atoms with Crippen LogP contribution in [0.4, 0.5) is 5.69 Å². The molecule has 1 aromatic rings. The predicted octanol–water partition coefficient (Wildman–Crippen LogP) is 3.66. The smallest absolute Gasteiger partial charge is 0.120 e. The molecular formula is C20H28N2O. The van der Waals surface area contributed by atoms with Crippen LogP contribution < -0.4 is 10.1 Å². The van der Waals surface area contributed by atoms with E-state index in [-0.39, 0.29) is 5.41 Å². The molecule has 3 aliphatic heterocycles. The fraction of sp³-hybridized carbons (Fsp3) is 0.600. The Morgan fingerprint density at radius 3 is 2.91 bits per heavy atom. The molecule has 23 heavy (non-hydrogen) atoms. The first-order valence-electron chi connectivity index (χ1n) is 8.93. The summed E-state index contributed by atoms with van der Waals surface area (Å²) < 4.78 is 5.43. The summed E-state index contributed by atoms with van der Waals surface area (Å²) in [6, 6.07) is 7.68. The van der Waals surface area contributed by atoms with Gasteiger partial charge in [-0.1, -0.05) is 32.1 Å². The Hall–Kier alpha value is -1.48. The molecule has 4 atom stereocenters. The quantitative estimate of drug-likeness (QED) is 0.843. The van der Waals surface area contributed by atoms with Crippen LogP contribution in [0.2, 0.25) is 0 Å². The van der Waals surface area contributed by atoms with Crippen molar-refractivity contribution in [2.75, 3.05) is 25.5 Å². The van der Waals surface area contributed by atoms with E-state index in [4.69, 9.17) is 4.74 Å². The first kappa shape index (κ1) is 15.1. The van der Waals surface area contributed by atoms with Gasteiger partial charge in [-0.15, -0.1) is 0 Å². The fourth-order valence-corrected chi connectivity index (χ4v) is 5.32. The van der Waals surface area contributed by atoms with Gasteiger partial charge in [-0.05, 0) is 43.4 Å². The summed E-state index contributed by atoms with van der Waals surface area (Å²) in [7, 11) is 1.74. The Kier molecular flexibility index (Phi) is 3.45. The van der Waals surface area contributed by atoms with Crippen molar-refractivity contribution in [2.24, 2.45) is 11.8 Å². The van der Waals surface area contributed by atoms with E-state index in [1.807, 2.05) is 0 Å². The van der Waals surface area contributed by atoms with Crippen molar-refractivity contribution < 1.29 is 4.74 Å². The van der Waals surface area contributed by atoms with Crippen LogP contribution in [-0.2, 0) is 5.41 Å². The van der Waals surface area contributed by atoms with Gasteiger partial charge < -0.3 is 10.1 Å². The highest BCUT2D eigenvalue weighted by molar-refractivity contribution is 5.66. The number of nitrogens with zero attached hydrogens (tertiary/aromatic N) is 1. The number of anilines is 1. The molecule has 0 radical (unpaired) electrons. The molecule has 1 N–H and O–H groups in total. The van der Waals surface area contributed by atoms with Crippen molar-refractivity contribution in [3.63, 3.8) is 0 Å². The Morgan fingerprint density at radius 2 is 2.17 bits per heavy atom. The number of rotatable bonds is 2. The summed E-state index contributed by atoms with van der Waals surface area (Å²) >= 11 is 0. The van der Waals surface area contributed by atoms with Crippen molar-refractivity contribution in [1.29, 1.82) is 0 Å². The van der Waals surface area contributed by atoms with Gasteiger partial charge in [0.25, 0.3) is 0 Å². The summed E-state index contributed by atoms with van der Waals surface area (Å²) in [5.74, 6) is 2.24. The molecule has 1 aromatic carbocycles. The Labute approximate surface area is 139 Å². The van der Waals surface area contributed by atoms with Crippen LogP contribution in [0.3, 0.4) is 0 Å². The van der Waals surface area contributed by atoms with Gasteiger partial charge in [0.05, 0.1) is 7.11 Å². The molecule has 124 valence electrons. The second kappa shape index (κ2) is 5.27. The van der Waals surface area contributed by atoms with Crippen molar-refractivity contribution in [1.82, 2.24) is 4.90 Å². The lowest BCUT2D eigenvalue weighted by Gasteiger charge is -2.45. The monoisotopic (exact) mass is 312 g/mol. The van der Waals surface area contributed by atoms with Gasteiger partial charge in [-0.3, -0.25) is 4.90 Å². The van der Waals surface area contributed by atoms with Crippen molar-refractivity contribution in [2.45, 2.75) is 44.7 Å². The van der Waals surface area contributed by atoms with E-state index in [0.717, 1.165) is 12.3 Å². The zero-order chi connectivity index (χ0) is 16.2. The molecule has 0 amide bonds. The molecule has 0 aliphatic carbocycles. The third-order valence-corrected chi connectivity index (χ3v) is 6.44. The first-order chi connectivity index (χ1) is 11.1. The Morgan fingerprint density at radius 1 is 1.35 bits per heavy atom. The normalized spacial score (nSPS) is 35.4. The number of nitrogens with one attached hydrogen (secondary N) is 1. The number of fused-ring (bicyclic) bond motifs is 4. The standard InChI is InChI=1S/C20H28N2O/c1-13(2)16-6-5-10-22-11-9-20(19(16)22)14(3)21-18-12-15(23-4)7-8-17(18)20/h5-8,12-14,16,19,21H,9-11H2,1-4H3. The average molecular weight is 312 g/mol. The van der Waals surface area contributed by atoms with Crippen LogP contribution in [0.5, 0.6) is 5.75 Å². The van der Waals surface area contributed by atoms with Crippen LogP contribution in [0.1, 0.15) is 32.8 Å². The zero-order valence-electron chi connectivity index (χ0n) is 14.7. The van der Waals surface area contributed by atoms with Crippen LogP contribution in [0, 0.1) is 11.8 Å². The maximum Gasteiger partial charge on any atom is 0.120 e. The number of hydrogen-bond donors (Lipinski definition) is 1. The second-order valence-corrected chi connectivity index (χ2v) is 7.76. The van der Waals surface area contributed by atoms with Crippen LogP contribution in [0.25, 0.3) is 0 Å².